The Labute approximate surface area is 151 Å². The van der Waals surface area contributed by atoms with Crippen LogP contribution >= 0.6 is 0 Å². The molecule has 4 rings (SSSR count). The van der Waals surface area contributed by atoms with Crippen LogP contribution in [0.3, 0.4) is 0 Å². The number of hydrogen-bond donors (Lipinski definition) is 0. The first-order valence-electron chi connectivity index (χ1n) is 8.63. The number of aryl methyl sites for hydroxylation is 4. The molecule has 0 amide bonds. The lowest BCUT2D eigenvalue weighted by atomic mass is 10.0. The average Bonchev–Trinajstić information content (AvgIpc) is 3.10. The third-order valence-electron chi connectivity index (χ3n) is 5.52. The summed E-state index contributed by atoms with van der Waals surface area (Å²) in [6.45, 7) is 4.05. The Morgan fingerprint density at radius 2 is 1.81 bits per heavy atom. The molecular weight excluding hydrogens is 325 g/mol. The highest BCUT2D eigenvalue weighted by Gasteiger charge is 2.16. The van der Waals surface area contributed by atoms with Crippen LogP contribution in [0.25, 0.3) is 21.8 Å². The van der Waals surface area contributed by atoms with Crippen LogP contribution in [0.1, 0.15) is 28.1 Å². The number of halogens is 1. The largest absolute Gasteiger partial charge is 0.348 e. The third kappa shape index (κ3) is 2.24. The lowest BCUT2D eigenvalue weighted by Crippen LogP contribution is -2.02. The van der Waals surface area contributed by atoms with Gasteiger partial charge in [-0.15, -0.1) is 0 Å². The van der Waals surface area contributed by atoms with Crippen LogP contribution in [0.4, 0.5) is 4.39 Å². The summed E-state index contributed by atoms with van der Waals surface area (Å²) in [6, 6.07) is 13.6. The van der Waals surface area contributed by atoms with Crippen molar-refractivity contribution in [1.29, 1.82) is 5.26 Å². The molecule has 4 aromatic rings. The fourth-order valence-electron chi connectivity index (χ4n) is 3.97. The van der Waals surface area contributed by atoms with Crippen molar-refractivity contribution in [1.82, 2.24) is 9.13 Å². The second kappa shape index (κ2) is 5.74. The van der Waals surface area contributed by atoms with E-state index in [4.69, 9.17) is 0 Å². The van der Waals surface area contributed by atoms with E-state index in [2.05, 4.69) is 19.1 Å². The van der Waals surface area contributed by atoms with Gasteiger partial charge in [0.1, 0.15) is 11.9 Å². The molecule has 26 heavy (non-hydrogen) atoms. The van der Waals surface area contributed by atoms with Gasteiger partial charge >= 0.3 is 0 Å². The van der Waals surface area contributed by atoms with Crippen LogP contribution in [0, 0.1) is 31.0 Å². The topological polar surface area (TPSA) is 33.6 Å². The maximum atomic E-state index is 14.7. The molecule has 0 radical (unpaired) electrons. The molecule has 0 bridgehead atoms. The van der Waals surface area contributed by atoms with Crippen molar-refractivity contribution >= 4 is 21.8 Å². The second-order valence-corrected chi connectivity index (χ2v) is 6.98. The molecule has 2 aromatic heterocycles. The van der Waals surface area contributed by atoms with E-state index in [9.17, 15) is 9.65 Å². The van der Waals surface area contributed by atoms with Crippen LogP contribution in [-0.4, -0.2) is 9.13 Å². The molecule has 0 aliphatic carbocycles. The van der Waals surface area contributed by atoms with Gasteiger partial charge < -0.3 is 9.13 Å². The molecule has 2 heterocycles. The maximum Gasteiger partial charge on any atom is 0.132 e. The van der Waals surface area contributed by atoms with Gasteiger partial charge in [0, 0.05) is 42.7 Å². The van der Waals surface area contributed by atoms with Crippen molar-refractivity contribution in [2.45, 2.75) is 20.3 Å². The Bertz CT molecular complexity index is 1220. The van der Waals surface area contributed by atoms with E-state index in [-0.39, 0.29) is 5.82 Å². The number of nitriles is 1. The van der Waals surface area contributed by atoms with E-state index in [1.54, 1.807) is 6.07 Å². The van der Waals surface area contributed by atoms with Gasteiger partial charge in [-0.3, -0.25) is 0 Å². The maximum absolute atomic E-state index is 14.7. The average molecular weight is 345 g/mol. The Kier molecular flexibility index (Phi) is 3.62. The number of fused-ring (bicyclic) bond motifs is 2. The molecule has 4 heteroatoms. The predicted octanol–water partition coefficient (Wildman–Crippen LogP) is 4.89. The smallest absolute Gasteiger partial charge is 0.132 e. The summed E-state index contributed by atoms with van der Waals surface area (Å²) < 4.78 is 18.8. The Hall–Kier alpha value is -3.06. The highest BCUT2D eigenvalue weighted by Crippen LogP contribution is 2.30. The third-order valence-corrected chi connectivity index (χ3v) is 5.52. The minimum absolute atomic E-state index is 0.180. The summed E-state index contributed by atoms with van der Waals surface area (Å²) in [5.41, 5.74) is 6.72. The fourth-order valence-corrected chi connectivity index (χ4v) is 3.97. The number of para-hydroxylation sites is 1. The standard InChI is InChI=1S/C22H20FN3/c1-13-8-19-20(23)11-17(14(2)21(19)25(13)3)10-18-9-15-6-5-7-16(12-24)22(15)26(18)4/h5-9,11H,10H2,1-4H3. The molecule has 130 valence electrons. The molecule has 3 nitrogen and oxygen atoms in total. The monoisotopic (exact) mass is 345 g/mol. The van der Waals surface area contributed by atoms with Gasteiger partial charge in [-0.25, -0.2) is 4.39 Å². The summed E-state index contributed by atoms with van der Waals surface area (Å²) in [4.78, 5) is 0. The van der Waals surface area contributed by atoms with Crippen LogP contribution in [0.15, 0.2) is 36.4 Å². The molecule has 0 saturated heterocycles. The second-order valence-electron chi connectivity index (χ2n) is 6.98. The molecule has 0 atom stereocenters. The number of nitrogens with zero attached hydrogens (tertiary/aromatic N) is 3. The lowest BCUT2D eigenvalue weighted by molar-refractivity contribution is 0.637. The molecule has 0 N–H and O–H groups in total. The van der Waals surface area contributed by atoms with Gasteiger partial charge in [0.25, 0.3) is 0 Å². The number of aromatic nitrogens is 2. The number of hydrogen-bond acceptors (Lipinski definition) is 1. The van der Waals surface area contributed by atoms with E-state index >= 15 is 0 Å². The van der Waals surface area contributed by atoms with Gasteiger partial charge in [-0.05, 0) is 49.2 Å². The molecule has 0 saturated carbocycles. The summed E-state index contributed by atoms with van der Waals surface area (Å²) in [5, 5.41) is 11.1. The van der Waals surface area contributed by atoms with Crippen molar-refractivity contribution in [3.63, 3.8) is 0 Å². The summed E-state index contributed by atoms with van der Waals surface area (Å²) in [6.07, 6.45) is 0.624. The minimum Gasteiger partial charge on any atom is -0.348 e. The zero-order valence-electron chi connectivity index (χ0n) is 15.4. The van der Waals surface area contributed by atoms with Crippen LogP contribution in [0.5, 0.6) is 0 Å². The molecule has 0 unspecified atom stereocenters. The van der Waals surface area contributed by atoms with E-state index in [1.807, 2.05) is 54.4 Å². The molecule has 2 aromatic carbocycles. The summed E-state index contributed by atoms with van der Waals surface area (Å²) in [5.74, 6) is -0.180. The Balaban J connectivity index is 1.90. The first kappa shape index (κ1) is 16.4. The Morgan fingerprint density at radius 1 is 1.04 bits per heavy atom. The van der Waals surface area contributed by atoms with Crippen molar-refractivity contribution in [2.24, 2.45) is 14.1 Å². The number of rotatable bonds is 2. The first-order chi connectivity index (χ1) is 12.4. The Morgan fingerprint density at radius 3 is 2.54 bits per heavy atom. The van der Waals surface area contributed by atoms with Gasteiger partial charge in [-0.1, -0.05) is 12.1 Å². The zero-order valence-corrected chi connectivity index (χ0v) is 15.4. The van der Waals surface area contributed by atoms with Crippen molar-refractivity contribution in [3.8, 4) is 6.07 Å². The highest BCUT2D eigenvalue weighted by atomic mass is 19.1. The molecule has 0 fully saturated rings. The van der Waals surface area contributed by atoms with Gasteiger partial charge in [0.05, 0.1) is 16.6 Å². The first-order valence-corrected chi connectivity index (χ1v) is 8.63. The predicted molar refractivity (Wildman–Crippen MR) is 103 cm³/mol. The van der Waals surface area contributed by atoms with E-state index in [0.717, 1.165) is 38.9 Å². The number of benzene rings is 2. The SMILES string of the molecule is Cc1c(Cc2cc3cccc(C#N)c3n2C)cc(F)c2cc(C)n(C)c12. The lowest BCUT2D eigenvalue weighted by Gasteiger charge is -2.11. The quantitative estimate of drug-likeness (QED) is 0.509. The fraction of sp³-hybridized carbons (Fsp3) is 0.227. The molecule has 0 aliphatic heterocycles. The van der Waals surface area contributed by atoms with Crippen LogP contribution in [-0.2, 0) is 20.5 Å². The van der Waals surface area contributed by atoms with Crippen molar-refractivity contribution in [2.75, 3.05) is 0 Å². The van der Waals surface area contributed by atoms with E-state index in [0.29, 0.717) is 17.4 Å². The molecular formula is C22H20FN3. The summed E-state index contributed by atoms with van der Waals surface area (Å²) in [7, 11) is 3.94. The normalized spacial score (nSPS) is 11.4. The molecule has 0 aliphatic rings. The zero-order chi connectivity index (χ0) is 18.6. The van der Waals surface area contributed by atoms with Crippen LogP contribution in [0.2, 0.25) is 0 Å². The highest BCUT2D eigenvalue weighted by molar-refractivity contribution is 5.88. The van der Waals surface area contributed by atoms with Gasteiger partial charge in [0.15, 0.2) is 0 Å². The summed E-state index contributed by atoms with van der Waals surface area (Å²) >= 11 is 0. The van der Waals surface area contributed by atoms with E-state index in [1.165, 1.54) is 0 Å². The van der Waals surface area contributed by atoms with Crippen molar-refractivity contribution < 1.29 is 4.39 Å². The molecule has 0 spiro atoms. The minimum atomic E-state index is -0.180. The van der Waals surface area contributed by atoms with Crippen LogP contribution < -0.4 is 0 Å². The van der Waals surface area contributed by atoms with Gasteiger partial charge in [0.2, 0.25) is 0 Å². The van der Waals surface area contributed by atoms with E-state index < -0.39 is 0 Å². The van der Waals surface area contributed by atoms with Crippen molar-refractivity contribution in [3.05, 3.63) is 70.3 Å². The van der Waals surface area contributed by atoms with Gasteiger partial charge in [-0.2, -0.15) is 5.26 Å².